The summed E-state index contributed by atoms with van der Waals surface area (Å²) in [7, 11) is 0. The monoisotopic (exact) mass is 391 g/mol. The second-order valence-corrected chi connectivity index (χ2v) is 7.35. The number of nitrogens with one attached hydrogen (secondary N) is 1. The van der Waals surface area contributed by atoms with E-state index in [9.17, 15) is 4.79 Å². The minimum Gasteiger partial charge on any atom is -0.345 e. The molecule has 1 aromatic carbocycles. The van der Waals surface area contributed by atoms with E-state index in [2.05, 4.69) is 15.3 Å². The molecule has 1 atom stereocenters. The molecule has 1 N–H and O–H groups in total. The van der Waals surface area contributed by atoms with E-state index in [1.165, 1.54) is 11.3 Å². The van der Waals surface area contributed by atoms with Crippen LogP contribution in [0.15, 0.2) is 42.6 Å². The lowest BCUT2D eigenvalue weighted by Gasteiger charge is -2.15. The van der Waals surface area contributed by atoms with Gasteiger partial charge in [0.05, 0.1) is 17.4 Å². The maximum atomic E-state index is 12.6. The number of carbonyl (C=O) groups excluding carboxylic acids is 1. The summed E-state index contributed by atoms with van der Waals surface area (Å²) < 4.78 is 0. The molecule has 2 heterocycles. The number of halogens is 2. The molecule has 25 heavy (non-hydrogen) atoms. The van der Waals surface area contributed by atoms with Gasteiger partial charge in [0.25, 0.3) is 5.91 Å². The number of amides is 1. The van der Waals surface area contributed by atoms with Gasteiger partial charge in [0, 0.05) is 16.2 Å². The van der Waals surface area contributed by atoms with E-state index in [1.807, 2.05) is 38.1 Å². The second-order valence-electron chi connectivity index (χ2n) is 5.51. The summed E-state index contributed by atoms with van der Waals surface area (Å²) in [6.07, 6.45) is 1.70. The number of thiazole rings is 1. The lowest BCUT2D eigenvalue weighted by atomic mass is 10.1. The summed E-state index contributed by atoms with van der Waals surface area (Å²) >= 11 is 13.5. The fourth-order valence-corrected chi connectivity index (χ4v) is 3.92. The summed E-state index contributed by atoms with van der Waals surface area (Å²) in [5, 5.41) is 4.77. The van der Waals surface area contributed by atoms with Gasteiger partial charge in [-0.1, -0.05) is 35.3 Å². The number of aryl methyl sites for hydroxylation is 1. The van der Waals surface area contributed by atoms with Crippen molar-refractivity contribution in [1.82, 2.24) is 15.3 Å². The molecule has 0 saturated carbocycles. The first-order valence-corrected chi connectivity index (χ1v) is 9.17. The SMILES string of the molecule is Cc1nc(-c2ccccn2)sc1C(=O)NC(C)c1ccc(Cl)cc1Cl. The first-order chi connectivity index (χ1) is 12.0. The Hall–Kier alpha value is -1.95. The molecule has 0 saturated heterocycles. The van der Waals surface area contributed by atoms with Crippen LogP contribution in [0, 0.1) is 6.92 Å². The standard InChI is InChI=1S/C18H15Cl2N3OS/c1-10(13-7-6-12(19)9-14(13)20)22-17(24)16-11(2)23-18(25-16)15-5-3-4-8-21-15/h3-10H,1-2H3,(H,22,24). The van der Waals surface area contributed by atoms with Gasteiger partial charge in [-0.15, -0.1) is 11.3 Å². The number of hydrogen-bond acceptors (Lipinski definition) is 4. The van der Waals surface area contributed by atoms with Crippen molar-refractivity contribution in [3.05, 3.63) is 68.8 Å². The molecule has 0 aliphatic heterocycles. The molecule has 1 unspecified atom stereocenters. The van der Waals surface area contributed by atoms with Gasteiger partial charge < -0.3 is 5.32 Å². The molecule has 2 aromatic heterocycles. The van der Waals surface area contributed by atoms with Gasteiger partial charge in [-0.05, 0) is 43.7 Å². The Morgan fingerprint density at radius 3 is 2.72 bits per heavy atom. The third kappa shape index (κ3) is 4.00. The maximum absolute atomic E-state index is 12.6. The number of benzene rings is 1. The molecule has 1 amide bonds. The van der Waals surface area contributed by atoms with Crippen LogP contribution in [0.3, 0.4) is 0 Å². The van der Waals surface area contributed by atoms with Gasteiger partial charge in [-0.2, -0.15) is 0 Å². The Morgan fingerprint density at radius 2 is 2.04 bits per heavy atom. The van der Waals surface area contributed by atoms with Gasteiger partial charge in [0.15, 0.2) is 0 Å². The lowest BCUT2D eigenvalue weighted by Crippen LogP contribution is -2.26. The molecule has 0 spiro atoms. The van der Waals surface area contributed by atoms with Crippen LogP contribution in [-0.4, -0.2) is 15.9 Å². The quantitative estimate of drug-likeness (QED) is 0.655. The fourth-order valence-electron chi connectivity index (χ4n) is 2.40. The number of aromatic nitrogens is 2. The predicted molar refractivity (Wildman–Crippen MR) is 102 cm³/mol. The highest BCUT2D eigenvalue weighted by atomic mass is 35.5. The molecule has 0 aliphatic carbocycles. The van der Waals surface area contributed by atoms with Crippen molar-refractivity contribution < 1.29 is 4.79 Å². The molecular formula is C18H15Cl2N3OS. The van der Waals surface area contributed by atoms with Crippen LogP contribution in [0.2, 0.25) is 10.0 Å². The van der Waals surface area contributed by atoms with E-state index in [0.717, 1.165) is 16.3 Å². The summed E-state index contributed by atoms with van der Waals surface area (Å²) in [5.74, 6) is -0.185. The molecule has 128 valence electrons. The summed E-state index contributed by atoms with van der Waals surface area (Å²) in [6, 6.07) is 10.6. The predicted octanol–water partition coefficient (Wildman–Crippen LogP) is 5.31. The van der Waals surface area contributed by atoms with E-state index in [-0.39, 0.29) is 11.9 Å². The van der Waals surface area contributed by atoms with Crippen LogP contribution in [0.1, 0.15) is 33.9 Å². The van der Waals surface area contributed by atoms with Crippen LogP contribution in [0.25, 0.3) is 10.7 Å². The van der Waals surface area contributed by atoms with Crippen molar-refractivity contribution >= 4 is 40.4 Å². The molecule has 3 rings (SSSR count). The van der Waals surface area contributed by atoms with E-state index in [4.69, 9.17) is 23.2 Å². The van der Waals surface area contributed by atoms with Gasteiger partial charge in [0.1, 0.15) is 9.88 Å². The topological polar surface area (TPSA) is 54.9 Å². The van der Waals surface area contributed by atoms with E-state index >= 15 is 0 Å². The zero-order valence-electron chi connectivity index (χ0n) is 13.6. The molecule has 0 aliphatic rings. The molecular weight excluding hydrogens is 377 g/mol. The Kier molecular flexibility index (Phi) is 5.37. The summed E-state index contributed by atoms with van der Waals surface area (Å²) in [4.78, 5) is 21.9. The number of pyridine rings is 1. The molecule has 3 aromatic rings. The van der Waals surface area contributed by atoms with Crippen LogP contribution in [0.4, 0.5) is 0 Å². The average Bonchev–Trinajstić information content (AvgIpc) is 2.97. The highest BCUT2D eigenvalue weighted by Gasteiger charge is 2.20. The van der Waals surface area contributed by atoms with Gasteiger partial charge in [0.2, 0.25) is 0 Å². The van der Waals surface area contributed by atoms with Crippen LogP contribution in [-0.2, 0) is 0 Å². The smallest absolute Gasteiger partial charge is 0.263 e. The van der Waals surface area contributed by atoms with Crippen LogP contribution >= 0.6 is 34.5 Å². The molecule has 0 bridgehead atoms. The van der Waals surface area contributed by atoms with Crippen molar-refractivity contribution in [3.63, 3.8) is 0 Å². The normalized spacial score (nSPS) is 12.0. The van der Waals surface area contributed by atoms with Crippen molar-refractivity contribution in [1.29, 1.82) is 0 Å². The zero-order valence-corrected chi connectivity index (χ0v) is 15.9. The third-order valence-electron chi connectivity index (χ3n) is 3.66. The lowest BCUT2D eigenvalue weighted by molar-refractivity contribution is 0.0943. The van der Waals surface area contributed by atoms with Crippen molar-refractivity contribution in [2.75, 3.05) is 0 Å². The summed E-state index contributed by atoms with van der Waals surface area (Å²) in [5.41, 5.74) is 2.24. The average molecular weight is 392 g/mol. The van der Waals surface area contributed by atoms with Crippen LogP contribution in [0.5, 0.6) is 0 Å². The minimum absolute atomic E-state index is 0.185. The molecule has 4 nitrogen and oxygen atoms in total. The largest absolute Gasteiger partial charge is 0.345 e. The van der Waals surface area contributed by atoms with Crippen molar-refractivity contribution in [2.24, 2.45) is 0 Å². The number of hydrogen-bond donors (Lipinski definition) is 1. The van der Waals surface area contributed by atoms with E-state index < -0.39 is 0 Å². The number of carbonyl (C=O) groups is 1. The molecule has 0 fully saturated rings. The Morgan fingerprint density at radius 1 is 1.24 bits per heavy atom. The second kappa shape index (κ2) is 7.52. The Labute approximate surface area is 159 Å². The molecule has 7 heteroatoms. The van der Waals surface area contributed by atoms with Crippen molar-refractivity contribution in [3.8, 4) is 10.7 Å². The zero-order chi connectivity index (χ0) is 18.0. The van der Waals surface area contributed by atoms with Crippen molar-refractivity contribution in [2.45, 2.75) is 19.9 Å². The third-order valence-corrected chi connectivity index (χ3v) is 5.40. The molecule has 0 radical (unpaired) electrons. The summed E-state index contributed by atoms with van der Waals surface area (Å²) in [6.45, 7) is 3.70. The number of nitrogens with zero attached hydrogens (tertiary/aromatic N) is 2. The fraction of sp³-hybridized carbons (Fsp3) is 0.167. The highest BCUT2D eigenvalue weighted by Crippen LogP contribution is 2.29. The Balaban J connectivity index is 1.80. The van der Waals surface area contributed by atoms with Crippen LogP contribution < -0.4 is 5.32 Å². The highest BCUT2D eigenvalue weighted by molar-refractivity contribution is 7.17. The van der Waals surface area contributed by atoms with Gasteiger partial charge in [-0.3, -0.25) is 9.78 Å². The minimum atomic E-state index is -0.253. The van der Waals surface area contributed by atoms with E-state index in [0.29, 0.717) is 20.6 Å². The maximum Gasteiger partial charge on any atom is 0.263 e. The van der Waals surface area contributed by atoms with Gasteiger partial charge >= 0.3 is 0 Å². The van der Waals surface area contributed by atoms with E-state index in [1.54, 1.807) is 18.3 Å². The number of rotatable bonds is 4. The first-order valence-electron chi connectivity index (χ1n) is 7.60. The first kappa shape index (κ1) is 17.9. The Bertz CT molecular complexity index is 912. The van der Waals surface area contributed by atoms with Gasteiger partial charge in [-0.25, -0.2) is 4.98 Å².